The second kappa shape index (κ2) is 9.99. The molecule has 0 bridgehead atoms. The van der Waals surface area contributed by atoms with Gasteiger partial charge in [-0.05, 0) is 36.2 Å². The zero-order valence-corrected chi connectivity index (χ0v) is 18.6. The Morgan fingerprint density at radius 2 is 1.53 bits per heavy atom. The fourth-order valence-electron chi connectivity index (χ4n) is 3.82. The molecular weight excluding hydrogens is 434 g/mol. The first-order valence-corrected chi connectivity index (χ1v) is 10.7. The molecule has 0 atom stereocenters. The standard InChI is InChI=1S/C26H23N3O5/c1-34-25(32)19-11-5-7-13-21(19)27-23(30)17-29-22-14-8-6-12-20(22)24(31)28(26(29)33)16-15-18-9-3-2-4-10-18/h2-14H,15-17H2,1H3,(H,27,30). The quantitative estimate of drug-likeness (QED) is 0.430. The van der Waals surface area contributed by atoms with E-state index in [-0.39, 0.29) is 24.3 Å². The molecule has 0 spiro atoms. The molecule has 0 radical (unpaired) electrons. The van der Waals surface area contributed by atoms with Crippen LogP contribution in [0.3, 0.4) is 0 Å². The number of rotatable bonds is 7. The molecule has 34 heavy (non-hydrogen) atoms. The molecule has 0 saturated carbocycles. The number of hydrogen-bond acceptors (Lipinski definition) is 5. The molecule has 1 N–H and O–H groups in total. The third-order valence-corrected chi connectivity index (χ3v) is 5.51. The second-order valence-electron chi connectivity index (χ2n) is 7.66. The van der Waals surface area contributed by atoms with Crippen LogP contribution in [0.4, 0.5) is 5.69 Å². The molecule has 1 amide bonds. The van der Waals surface area contributed by atoms with E-state index in [1.807, 2.05) is 30.3 Å². The Bertz CT molecular complexity index is 1470. The fourth-order valence-corrected chi connectivity index (χ4v) is 3.82. The van der Waals surface area contributed by atoms with E-state index in [4.69, 9.17) is 4.74 Å². The zero-order chi connectivity index (χ0) is 24.1. The van der Waals surface area contributed by atoms with Crippen molar-refractivity contribution in [3.8, 4) is 0 Å². The van der Waals surface area contributed by atoms with Crippen molar-refractivity contribution in [1.82, 2.24) is 9.13 Å². The predicted molar refractivity (Wildman–Crippen MR) is 129 cm³/mol. The molecule has 172 valence electrons. The monoisotopic (exact) mass is 457 g/mol. The minimum Gasteiger partial charge on any atom is -0.465 e. The summed E-state index contributed by atoms with van der Waals surface area (Å²) in [6, 6.07) is 22.7. The number of nitrogens with one attached hydrogen (secondary N) is 1. The Morgan fingerprint density at radius 1 is 0.853 bits per heavy atom. The van der Waals surface area contributed by atoms with E-state index in [9.17, 15) is 19.2 Å². The molecule has 3 aromatic carbocycles. The number of hydrogen-bond donors (Lipinski definition) is 1. The largest absolute Gasteiger partial charge is 0.465 e. The third-order valence-electron chi connectivity index (χ3n) is 5.51. The summed E-state index contributed by atoms with van der Waals surface area (Å²) < 4.78 is 7.20. The molecule has 0 saturated heterocycles. The third kappa shape index (κ3) is 4.66. The molecule has 0 aliphatic heterocycles. The van der Waals surface area contributed by atoms with E-state index in [1.165, 1.54) is 17.7 Å². The lowest BCUT2D eigenvalue weighted by atomic mass is 10.1. The first-order chi connectivity index (χ1) is 16.5. The molecule has 8 nitrogen and oxygen atoms in total. The zero-order valence-electron chi connectivity index (χ0n) is 18.6. The molecule has 4 aromatic rings. The normalized spacial score (nSPS) is 10.7. The van der Waals surface area contributed by atoms with Crippen molar-refractivity contribution in [2.45, 2.75) is 19.5 Å². The van der Waals surface area contributed by atoms with E-state index in [1.54, 1.807) is 42.5 Å². The maximum atomic E-state index is 13.3. The van der Waals surface area contributed by atoms with E-state index in [0.29, 0.717) is 17.3 Å². The van der Waals surface area contributed by atoms with Crippen LogP contribution in [0.15, 0.2) is 88.5 Å². The van der Waals surface area contributed by atoms with Crippen molar-refractivity contribution >= 4 is 28.5 Å². The molecule has 0 unspecified atom stereocenters. The van der Waals surface area contributed by atoms with Gasteiger partial charge in [0.2, 0.25) is 5.91 Å². The van der Waals surface area contributed by atoms with Gasteiger partial charge >= 0.3 is 11.7 Å². The number of anilines is 1. The number of amides is 1. The number of aryl methyl sites for hydroxylation is 1. The summed E-state index contributed by atoms with van der Waals surface area (Å²) in [6.07, 6.45) is 0.493. The number of fused-ring (bicyclic) bond motifs is 1. The van der Waals surface area contributed by atoms with Gasteiger partial charge < -0.3 is 10.1 Å². The van der Waals surface area contributed by atoms with Gasteiger partial charge in [0.05, 0.1) is 29.3 Å². The molecule has 0 aliphatic rings. The summed E-state index contributed by atoms with van der Waals surface area (Å²) >= 11 is 0. The minimum atomic E-state index is -0.590. The summed E-state index contributed by atoms with van der Waals surface area (Å²) in [5.41, 5.74) is 0.855. The van der Waals surface area contributed by atoms with Crippen LogP contribution in [0.5, 0.6) is 0 Å². The molecule has 8 heteroatoms. The predicted octanol–water partition coefficient (Wildman–Crippen LogP) is 2.83. The van der Waals surface area contributed by atoms with Gasteiger partial charge in [0, 0.05) is 6.54 Å². The van der Waals surface area contributed by atoms with Crippen molar-refractivity contribution in [3.05, 3.63) is 111 Å². The van der Waals surface area contributed by atoms with E-state index < -0.39 is 23.1 Å². The van der Waals surface area contributed by atoms with Gasteiger partial charge in [-0.3, -0.25) is 18.7 Å². The van der Waals surface area contributed by atoms with Crippen molar-refractivity contribution in [3.63, 3.8) is 0 Å². The number of para-hydroxylation sites is 2. The van der Waals surface area contributed by atoms with Crippen LogP contribution in [0.2, 0.25) is 0 Å². The first kappa shape index (κ1) is 22.7. The Morgan fingerprint density at radius 3 is 2.29 bits per heavy atom. The van der Waals surface area contributed by atoms with Gasteiger partial charge in [-0.25, -0.2) is 9.59 Å². The summed E-state index contributed by atoms with van der Waals surface area (Å²) in [5.74, 6) is -1.11. The average Bonchev–Trinajstić information content (AvgIpc) is 2.87. The van der Waals surface area contributed by atoms with Crippen molar-refractivity contribution in [2.75, 3.05) is 12.4 Å². The molecule has 0 aliphatic carbocycles. The van der Waals surface area contributed by atoms with Crippen LogP contribution in [0, 0.1) is 0 Å². The molecule has 0 fully saturated rings. The van der Waals surface area contributed by atoms with E-state index in [2.05, 4.69) is 5.32 Å². The van der Waals surface area contributed by atoms with Gasteiger partial charge in [-0.2, -0.15) is 0 Å². The fraction of sp³-hybridized carbons (Fsp3) is 0.154. The summed E-state index contributed by atoms with van der Waals surface area (Å²) in [4.78, 5) is 51.3. The van der Waals surface area contributed by atoms with Crippen LogP contribution < -0.4 is 16.6 Å². The van der Waals surface area contributed by atoms with Gasteiger partial charge in [-0.15, -0.1) is 0 Å². The van der Waals surface area contributed by atoms with Crippen molar-refractivity contribution in [2.24, 2.45) is 0 Å². The Labute approximate surface area is 195 Å². The molecule has 4 rings (SSSR count). The highest BCUT2D eigenvalue weighted by atomic mass is 16.5. The Hall–Kier alpha value is -4.46. The SMILES string of the molecule is COC(=O)c1ccccc1NC(=O)Cn1c(=O)n(CCc2ccccc2)c(=O)c2ccccc21. The van der Waals surface area contributed by atoms with E-state index >= 15 is 0 Å². The average molecular weight is 457 g/mol. The van der Waals surface area contributed by atoms with Gasteiger partial charge in [-0.1, -0.05) is 54.6 Å². The summed E-state index contributed by atoms with van der Waals surface area (Å²) in [6.45, 7) is -0.153. The smallest absolute Gasteiger partial charge is 0.339 e. The topological polar surface area (TPSA) is 99.4 Å². The highest BCUT2D eigenvalue weighted by Gasteiger charge is 2.17. The Kier molecular flexibility index (Phi) is 6.68. The highest BCUT2D eigenvalue weighted by Crippen LogP contribution is 2.16. The summed E-state index contributed by atoms with van der Waals surface area (Å²) in [5, 5.41) is 3.02. The van der Waals surface area contributed by atoms with Crippen LogP contribution in [0.1, 0.15) is 15.9 Å². The second-order valence-corrected chi connectivity index (χ2v) is 7.66. The van der Waals surface area contributed by atoms with Crippen LogP contribution >= 0.6 is 0 Å². The lowest BCUT2D eigenvalue weighted by Gasteiger charge is -2.15. The lowest BCUT2D eigenvalue weighted by Crippen LogP contribution is -2.42. The number of ether oxygens (including phenoxy) is 1. The van der Waals surface area contributed by atoms with Gasteiger partial charge in [0.1, 0.15) is 6.54 Å². The molecule has 1 heterocycles. The van der Waals surface area contributed by atoms with E-state index in [0.717, 1.165) is 10.1 Å². The molecular formula is C26H23N3O5. The van der Waals surface area contributed by atoms with Crippen LogP contribution in [-0.4, -0.2) is 28.1 Å². The number of aromatic nitrogens is 2. The lowest BCUT2D eigenvalue weighted by molar-refractivity contribution is -0.116. The number of methoxy groups -OCH3 is 1. The maximum absolute atomic E-state index is 13.3. The van der Waals surface area contributed by atoms with Gasteiger partial charge in [0.15, 0.2) is 0 Å². The number of esters is 1. The van der Waals surface area contributed by atoms with Crippen molar-refractivity contribution < 1.29 is 14.3 Å². The number of carbonyl (C=O) groups excluding carboxylic acids is 2. The molecule has 1 aromatic heterocycles. The minimum absolute atomic E-state index is 0.180. The van der Waals surface area contributed by atoms with Crippen molar-refractivity contribution in [1.29, 1.82) is 0 Å². The van der Waals surface area contributed by atoms with Gasteiger partial charge in [0.25, 0.3) is 5.56 Å². The van der Waals surface area contributed by atoms with Crippen LogP contribution in [-0.2, 0) is 29.0 Å². The number of carbonyl (C=O) groups is 2. The number of nitrogens with zero attached hydrogens (tertiary/aromatic N) is 2. The maximum Gasteiger partial charge on any atom is 0.339 e. The first-order valence-electron chi connectivity index (χ1n) is 10.7. The number of benzene rings is 3. The Balaban J connectivity index is 1.68. The van der Waals surface area contributed by atoms with Crippen LogP contribution in [0.25, 0.3) is 10.9 Å². The summed E-state index contributed by atoms with van der Waals surface area (Å²) in [7, 11) is 1.26. The highest BCUT2D eigenvalue weighted by molar-refractivity contribution is 6.01.